The molecular formula is C14H20N4O2S. The number of H-pyrrole nitrogens is 1. The van der Waals surface area contributed by atoms with Crippen molar-refractivity contribution in [2.75, 3.05) is 11.3 Å². The number of benzene rings is 1. The van der Waals surface area contributed by atoms with Crippen LogP contribution in [0.25, 0.3) is 0 Å². The summed E-state index contributed by atoms with van der Waals surface area (Å²) < 4.78 is 27.4. The van der Waals surface area contributed by atoms with Gasteiger partial charge in [-0.2, -0.15) is 5.10 Å². The largest absolute Gasteiger partial charge is 0.313 e. The average molecular weight is 308 g/mol. The fraction of sp³-hybridized carbons (Fsp3) is 0.357. The van der Waals surface area contributed by atoms with Gasteiger partial charge in [-0.1, -0.05) is 19.1 Å². The van der Waals surface area contributed by atoms with E-state index in [4.69, 9.17) is 0 Å². The van der Waals surface area contributed by atoms with Crippen molar-refractivity contribution in [2.24, 2.45) is 0 Å². The van der Waals surface area contributed by atoms with E-state index in [0.29, 0.717) is 22.7 Å². The summed E-state index contributed by atoms with van der Waals surface area (Å²) in [6.45, 7) is 5.44. The Kier molecular flexibility index (Phi) is 4.98. The van der Waals surface area contributed by atoms with Crippen molar-refractivity contribution in [3.05, 3.63) is 41.7 Å². The SMILES string of the molecule is CCCNCc1ccc(C)c(S(=O)(=O)Nc2cn[nH]c2)c1. The Morgan fingerprint density at radius 2 is 2.14 bits per heavy atom. The van der Waals surface area contributed by atoms with Crippen molar-refractivity contribution in [2.45, 2.75) is 31.7 Å². The Labute approximate surface area is 125 Å². The molecule has 3 N–H and O–H groups in total. The first-order valence-corrected chi connectivity index (χ1v) is 8.33. The van der Waals surface area contributed by atoms with E-state index in [2.05, 4.69) is 27.2 Å². The summed E-state index contributed by atoms with van der Waals surface area (Å²) in [5.41, 5.74) is 2.08. The van der Waals surface area contributed by atoms with E-state index in [-0.39, 0.29) is 0 Å². The molecule has 0 atom stereocenters. The van der Waals surface area contributed by atoms with Gasteiger partial charge >= 0.3 is 0 Å². The molecule has 0 aliphatic rings. The summed E-state index contributed by atoms with van der Waals surface area (Å²) in [6.07, 6.45) is 3.97. The first-order valence-electron chi connectivity index (χ1n) is 6.85. The Morgan fingerprint density at radius 1 is 1.33 bits per heavy atom. The van der Waals surface area contributed by atoms with Crippen molar-refractivity contribution in [1.82, 2.24) is 15.5 Å². The number of aromatic amines is 1. The van der Waals surface area contributed by atoms with E-state index in [9.17, 15) is 8.42 Å². The smallest absolute Gasteiger partial charge is 0.262 e. The zero-order chi connectivity index (χ0) is 15.3. The molecule has 2 rings (SSSR count). The van der Waals surface area contributed by atoms with Crippen molar-refractivity contribution < 1.29 is 8.42 Å². The zero-order valence-electron chi connectivity index (χ0n) is 12.2. The van der Waals surface area contributed by atoms with Crippen LogP contribution in [0.1, 0.15) is 24.5 Å². The lowest BCUT2D eigenvalue weighted by molar-refractivity contribution is 0.600. The lowest BCUT2D eigenvalue weighted by Crippen LogP contribution is -2.16. The zero-order valence-corrected chi connectivity index (χ0v) is 13.0. The van der Waals surface area contributed by atoms with E-state index in [0.717, 1.165) is 18.5 Å². The van der Waals surface area contributed by atoms with Crippen LogP contribution < -0.4 is 10.0 Å². The number of nitrogens with zero attached hydrogens (tertiary/aromatic N) is 1. The molecule has 2 aromatic rings. The molecule has 0 bridgehead atoms. The summed E-state index contributed by atoms with van der Waals surface area (Å²) in [4.78, 5) is 0.291. The highest BCUT2D eigenvalue weighted by molar-refractivity contribution is 7.92. The number of hydrogen-bond donors (Lipinski definition) is 3. The predicted molar refractivity (Wildman–Crippen MR) is 82.6 cm³/mol. The third-order valence-electron chi connectivity index (χ3n) is 3.05. The van der Waals surface area contributed by atoms with Crippen LogP contribution in [0.3, 0.4) is 0 Å². The van der Waals surface area contributed by atoms with Crippen LogP contribution in [0.5, 0.6) is 0 Å². The van der Waals surface area contributed by atoms with Crippen molar-refractivity contribution in [3.63, 3.8) is 0 Å². The Balaban J connectivity index is 2.22. The van der Waals surface area contributed by atoms with Crippen LogP contribution in [-0.2, 0) is 16.6 Å². The lowest BCUT2D eigenvalue weighted by atomic mass is 10.1. The number of anilines is 1. The van der Waals surface area contributed by atoms with Crippen LogP contribution in [0.15, 0.2) is 35.5 Å². The van der Waals surface area contributed by atoms with Gasteiger partial charge in [-0.05, 0) is 37.1 Å². The van der Waals surface area contributed by atoms with Crippen LogP contribution in [0, 0.1) is 6.92 Å². The molecule has 1 aromatic carbocycles. The molecule has 21 heavy (non-hydrogen) atoms. The normalized spacial score (nSPS) is 11.5. The quantitative estimate of drug-likeness (QED) is 0.683. The van der Waals surface area contributed by atoms with Crippen molar-refractivity contribution in [1.29, 1.82) is 0 Å². The van der Waals surface area contributed by atoms with Crippen LogP contribution in [0.2, 0.25) is 0 Å². The van der Waals surface area contributed by atoms with Crippen LogP contribution in [-0.4, -0.2) is 25.2 Å². The molecule has 1 aromatic heterocycles. The van der Waals surface area contributed by atoms with Gasteiger partial charge in [0, 0.05) is 12.7 Å². The maximum Gasteiger partial charge on any atom is 0.262 e. The molecule has 6 nitrogen and oxygen atoms in total. The maximum absolute atomic E-state index is 12.4. The highest BCUT2D eigenvalue weighted by Crippen LogP contribution is 2.20. The van der Waals surface area contributed by atoms with E-state index in [1.165, 1.54) is 12.4 Å². The second kappa shape index (κ2) is 6.73. The third kappa shape index (κ3) is 4.05. The minimum absolute atomic E-state index is 0.291. The average Bonchev–Trinajstić information content (AvgIpc) is 2.93. The summed E-state index contributed by atoms with van der Waals surface area (Å²) in [5.74, 6) is 0. The molecule has 0 radical (unpaired) electrons. The Morgan fingerprint density at radius 3 is 2.81 bits per heavy atom. The van der Waals surface area contributed by atoms with Crippen LogP contribution >= 0.6 is 0 Å². The van der Waals surface area contributed by atoms with E-state index in [1.807, 2.05) is 12.1 Å². The number of rotatable bonds is 7. The summed E-state index contributed by atoms with van der Waals surface area (Å²) in [6, 6.07) is 5.47. The molecule has 0 spiro atoms. The highest BCUT2D eigenvalue weighted by atomic mass is 32.2. The second-order valence-electron chi connectivity index (χ2n) is 4.87. The molecule has 0 amide bonds. The molecule has 0 fully saturated rings. The van der Waals surface area contributed by atoms with Gasteiger partial charge in [-0.15, -0.1) is 0 Å². The Bertz CT molecular complexity index is 681. The first-order chi connectivity index (χ1) is 10.0. The lowest BCUT2D eigenvalue weighted by Gasteiger charge is -2.11. The monoisotopic (exact) mass is 308 g/mol. The summed E-state index contributed by atoms with van der Waals surface area (Å²) in [5, 5.41) is 9.57. The molecule has 1 heterocycles. The molecule has 114 valence electrons. The van der Waals surface area contributed by atoms with E-state index < -0.39 is 10.0 Å². The summed E-state index contributed by atoms with van der Waals surface area (Å²) >= 11 is 0. The third-order valence-corrected chi connectivity index (χ3v) is 4.57. The molecule has 0 saturated heterocycles. The second-order valence-corrected chi connectivity index (χ2v) is 6.52. The van der Waals surface area contributed by atoms with Crippen molar-refractivity contribution >= 4 is 15.7 Å². The van der Waals surface area contributed by atoms with Gasteiger partial charge in [-0.25, -0.2) is 8.42 Å². The first kappa shape index (κ1) is 15.5. The summed E-state index contributed by atoms with van der Waals surface area (Å²) in [7, 11) is -3.60. The van der Waals surface area contributed by atoms with Gasteiger partial charge in [0.2, 0.25) is 0 Å². The maximum atomic E-state index is 12.4. The van der Waals surface area contributed by atoms with Gasteiger partial charge in [0.25, 0.3) is 10.0 Å². The molecule has 0 saturated carbocycles. The fourth-order valence-corrected chi connectivity index (χ4v) is 3.30. The predicted octanol–water partition coefficient (Wildman–Crippen LogP) is 2.02. The van der Waals surface area contributed by atoms with E-state index in [1.54, 1.807) is 13.0 Å². The molecular weight excluding hydrogens is 288 g/mol. The minimum Gasteiger partial charge on any atom is -0.313 e. The van der Waals surface area contributed by atoms with Gasteiger partial charge in [0.1, 0.15) is 0 Å². The van der Waals surface area contributed by atoms with Gasteiger partial charge in [-0.3, -0.25) is 9.82 Å². The van der Waals surface area contributed by atoms with Gasteiger partial charge in [0.15, 0.2) is 0 Å². The topological polar surface area (TPSA) is 86.9 Å². The highest BCUT2D eigenvalue weighted by Gasteiger charge is 2.17. The fourth-order valence-electron chi connectivity index (χ4n) is 1.97. The van der Waals surface area contributed by atoms with Crippen LogP contribution in [0.4, 0.5) is 5.69 Å². The standard InChI is InChI=1S/C14H20N4O2S/c1-3-6-15-8-12-5-4-11(2)14(7-12)21(19,20)18-13-9-16-17-10-13/h4-5,7,9-10,15,18H,3,6,8H2,1-2H3,(H,16,17). The molecule has 0 aliphatic heterocycles. The Hall–Kier alpha value is -1.86. The number of sulfonamides is 1. The minimum atomic E-state index is -3.60. The molecule has 0 unspecified atom stereocenters. The number of aryl methyl sites for hydroxylation is 1. The number of aromatic nitrogens is 2. The van der Waals surface area contributed by atoms with Gasteiger partial charge < -0.3 is 5.32 Å². The molecule has 7 heteroatoms. The molecule has 0 aliphatic carbocycles. The number of hydrogen-bond acceptors (Lipinski definition) is 4. The van der Waals surface area contributed by atoms with Gasteiger partial charge in [0.05, 0.1) is 16.8 Å². The van der Waals surface area contributed by atoms with Crippen molar-refractivity contribution in [3.8, 4) is 0 Å². The number of nitrogens with one attached hydrogen (secondary N) is 3. The van der Waals surface area contributed by atoms with E-state index >= 15 is 0 Å².